The lowest BCUT2D eigenvalue weighted by molar-refractivity contribution is 0.0703. The van der Waals surface area contributed by atoms with E-state index in [2.05, 4.69) is 0 Å². The maximum atomic E-state index is 12.4. The third kappa shape index (κ3) is 2.93. The SMILES string of the molecule is Cc1cc(C(=O)NO)c(=O)n(CC2CCCCC2)c1C. The molecule has 0 spiro atoms. The zero-order valence-corrected chi connectivity index (χ0v) is 12.1. The average molecular weight is 278 g/mol. The maximum Gasteiger partial charge on any atom is 0.280 e. The minimum Gasteiger partial charge on any atom is -0.312 e. The molecule has 0 atom stereocenters. The molecule has 5 nitrogen and oxygen atoms in total. The van der Waals surface area contributed by atoms with Gasteiger partial charge in [0, 0.05) is 12.2 Å². The number of amides is 1. The van der Waals surface area contributed by atoms with Crippen LogP contribution in [0.15, 0.2) is 10.9 Å². The zero-order chi connectivity index (χ0) is 14.7. The number of hydrogen-bond acceptors (Lipinski definition) is 3. The van der Waals surface area contributed by atoms with Crippen LogP contribution in [0.2, 0.25) is 0 Å². The normalized spacial score (nSPS) is 16.1. The van der Waals surface area contributed by atoms with Crippen LogP contribution in [0.4, 0.5) is 0 Å². The van der Waals surface area contributed by atoms with E-state index in [0.29, 0.717) is 12.5 Å². The minimum absolute atomic E-state index is 0.00593. The van der Waals surface area contributed by atoms with Crippen LogP contribution < -0.4 is 11.0 Å². The molecule has 1 saturated carbocycles. The first-order chi connectivity index (χ1) is 9.54. The van der Waals surface area contributed by atoms with Crippen molar-refractivity contribution in [2.24, 2.45) is 5.92 Å². The van der Waals surface area contributed by atoms with Gasteiger partial charge in [-0.2, -0.15) is 0 Å². The number of nitrogens with zero attached hydrogens (tertiary/aromatic N) is 1. The summed E-state index contributed by atoms with van der Waals surface area (Å²) in [7, 11) is 0. The number of aromatic nitrogens is 1. The Morgan fingerprint density at radius 2 is 2.00 bits per heavy atom. The van der Waals surface area contributed by atoms with Crippen molar-refractivity contribution < 1.29 is 10.0 Å². The number of aryl methyl sites for hydroxylation is 1. The predicted octanol–water partition coefficient (Wildman–Crippen LogP) is 2.16. The Bertz CT molecular complexity index is 557. The molecule has 20 heavy (non-hydrogen) atoms. The number of pyridine rings is 1. The van der Waals surface area contributed by atoms with Crippen LogP contribution in [0, 0.1) is 19.8 Å². The topological polar surface area (TPSA) is 71.3 Å². The van der Waals surface area contributed by atoms with E-state index in [4.69, 9.17) is 5.21 Å². The second-order valence-electron chi connectivity index (χ2n) is 5.69. The molecule has 1 aromatic rings. The summed E-state index contributed by atoms with van der Waals surface area (Å²) in [6.07, 6.45) is 5.99. The Kier molecular flexibility index (Phi) is 4.60. The first-order valence-corrected chi connectivity index (χ1v) is 7.20. The highest BCUT2D eigenvalue weighted by atomic mass is 16.5. The summed E-state index contributed by atoms with van der Waals surface area (Å²) in [4.78, 5) is 24.0. The van der Waals surface area contributed by atoms with E-state index in [-0.39, 0.29) is 11.1 Å². The van der Waals surface area contributed by atoms with E-state index < -0.39 is 5.91 Å². The second kappa shape index (κ2) is 6.22. The van der Waals surface area contributed by atoms with E-state index in [1.165, 1.54) is 19.3 Å². The van der Waals surface area contributed by atoms with Gasteiger partial charge in [0.2, 0.25) is 0 Å². The Labute approximate surface area is 118 Å². The fourth-order valence-corrected chi connectivity index (χ4v) is 2.96. The summed E-state index contributed by atoms with van der Waals surface area (Å²) < 4.78 is 1.69. The van der Waals surface area contributed by atoms with Crippen LogP contribution in [0.1, 0.15) is 53.7 Å². The average Bonchev–Trinajstić information content (AvgIpc) is 2.47. The lowest BCUT2D eigenvalue weighted by atomic mass is 9.89. The molecule has 1 amide bonds. The van der Waals surface area contributed by atoms with Crippen LogP contribution in [0.5, 0.6) is 0 Å². The molecule has 0 radical (unpaired) electrons. The minimum atomic E-state index is -0.740. The predicted molar refractivity (Wildman–Crippen MR) is 76.0 cm³/mol. The van der Waals surface area contributed by atoms with Gasteiger partial charge in [-0.05, 0) is 44.2 Å². The van der Waals surface area contributed by atoms with Gasteiger partial charge in [-0.25, -0.2) is 5.48 Å². The van der Waals surface area contributed by atoms with E-state index in [1.54, 1.807) is 16.1 Å². The van der Waals surface area contributed by atoms with Gasteiger partial charge >= 0.3 is 0 Å². The second-order valence-corrected chi connectivity index (χ2v) is 5.69. The fraction of sp³-hybridized carbons (Fsp3) is 0.600. The molecule has 2 rings (SSSR count). The summed E-state index contributed by atoms with van der Waals surface area (Å²) in [6, 6.07) is 1.54. The monoisotopic (exact) mass is 278 g/mol. The molecule has 5 heteroatoms. The maximum absolute atomic E-state index is 12.4. The van der Waals surface area contributed by atoms with Crippen LogP contribution in [-0.4, -0.2) is 15.7 Å². The van der Waals surface area contributed by atoms with Gasteiger partial charge in [0.15, 0.2) is 0 Å². The third-order valence-electron chi connectivity index (χ3n) is 4.32. The van der Waals surface area contributed by atoms with Crippen molar-refractivity contribution in [3.8, 4) is 0 Å². The highest BCUT2D eigenvalue weighted by molar-refractivity contribution is 5.93. The van der Waals surface area contributed by atoms with Gasteiger partial charge in [0.1, 0.15) is 5.56 Å². The van der Waals surface area contributed by atoms with Gasteiger partial charge in [-0.3, -0.25) is 14.8 Å². The Balaban J connectivity index is 2.37. The summed E-state index contributed by atoms with van der Waals surface area (Å²) in [5.41, 5.74) is 3.02. The summed E-state index contributed by atoms with van der Waals surface area (Å²) in [5, 5.41) is 8.74. The number of carbonyl (C=O) groups excluding carboxylic acids is 1. The molecule has 0 bridgehead atoms. The van der Waals surface area contributed by atoms with Crippen molar-refractivity contribution in [3.05, 3.63) is 33.2 Å². The molecule has 1 heterocycles. The molecule has 1 aliphatic rings. The van der Waals surface area contributed by atoms with Gasteiger partial charge < -0.3 is 4.57 Å². The van der Waals surface area contributed by atoms with E-state index in [0.717, 1.165) is 24.1 Å². The molecule has 110 valence electrons. The molecule has 0 aliphatic heterocycles. The standard InChI is InChI=1S/C15H22N2O3/c1-10-8-13(14(18)16-20)15(19)17(11(10)2)9-12-6-4-3-5-7-12/h8,12,20H,3-7,9H2,1-2H3,(H,16,18). The van der Waals surface area contributed by atoms with Crippen molar-refractivity contribution in [2.45, 2.75) is 52.5 Å². The zero-order valence-electron chi connectivity index (χ0n) is 12.1. The van der Waals surface area contributed by atoms with E-state index in [9.17, 15) is 9.59 Å². The molecular weight excluding hydrogens is 256 g/mol. The van der Waals surface area contributed by atoms with Gasteiger partial charge in [0.25, 0.3) is 11.5 Å². The highest BCUT2D eigenvalue weighted by Crippen LogP contribution is 2.25. The fourth-order valence-electron chi connectivity index (χ4n) is 2.96. The molecule has 1 fully saturated rings. The lowest BCUT2D eigenvalue weighted by Gasteiger charge is -2.24. The smallest absolute Gasteiger partial charge is 0.280 e. The number of hydroxylamine groups is 1. The first kappa shape index (κ1) is 14.8. The van der Waals surface area contributed by atoms with Crippen molar-refractivity contribution >= 4 is 5.91 Å². The molecule has 0 aromatic carbocycles. The van der Waals surface area contributed by atoms with Crippen LogP contribution in [-0.2, 0) is 6.54 Å². The third-order valence-corrected chi connectivity index (χ3v) is 4.32. The Morgan fingerprint density at radius 1 is 1.35 bits per heavy atom. The molecule has 2 N–H and O–H groups in total. The molecule has 0 saturated heterocycles. The summed E-state index contributed by atoms with van der Waals surface area (Å²) in [6.45, 7) is 4.44. The van der Waals surface area contributed by atoms with Crippen molar-refractivity contribution in [2.75, 3.05) is 0 Å². The van der Waals surface area contributed by atoms with Crippen molar-refractivity contribution in [1.82, 2.24) is 10.0 Å². The quantitative estimate of drug-likeness (QED) is 0.657. The number of nitrogens with one attached hydrogen (secondary N) is 1. The number of hydrogen-bond donors (Lipinski definition) is 2. The Morgan fingerprint density at radius 3 is 2.60 bits per heavy atom. The lowest BCUT2D eigenvalue weighted by Crippen LogP contribution is -2.35. The number of carbonyl (C=O) groups is 1. The van der Waals surface area contributed by atoms with Crippen LogP contribution in [0.3, 0.4) is 0 Å². The van der Waals surface area contributed by atoms with Gasteiger partial charge in [-0.15, -0.1) is 0 Å². The highest BCUT2D eigenvalue weighted by Gasteiger charge is 2.19. The largest absolute Gasteiger partial charge is 0.312 e. The summed E-state index contributed by atoms with van der Waals surface area (Å²) >= 11 is 0. The molecular formula is C15H22N2O3. The van der Waals surface area contributed by atoms with Gasteiger partial charge in [0.05, 0.1) is 0 Å². The summed E-state index contributed by atoms with van der Waals surface area (Å²) in [5.74, 6) is -0.234. The van der Waals surface area contributed by atoms with Crippen LogP contribution >= 0.6 is 0 Å². The van der Waals surface area contributed by atoms with Gasteiger partial charge in [-0.1, -0.05) is 19.3 Å². The molecule has 1 aliphatic carbocycles. The molecule has 1 aromatic heterocycles. The Hall–Kier alpha value is -1.62. The number of rotatable bonds is 3. The van der Waals surface area contributed by atoms with Crippen LogP contribution in [0.25, 0.3) is 0 Å². The first-order valence-electron chi connectivity index (χ1n) is 7.20. The van der Waals surface area contributed by atoms with Crippen molar-refractivity contribution in [1.29, 1.82) is 0 Å². The van der Waals surface area contributed by atoms with E-state index in [1.807, 2.05) is 13.8 Å². The van der Waals surface area contributed by atoms with E-state index >= 15 is 0 Å². The molecule has 0 unspecified atom stereocenters. The van der Waals surface area contributed by atoms with Crippen molar-refractivity contribution in [3.63, 3.8) is 0 Å².